The van der Waals surface area contributed by atoms with Gasteiger partial charge in [0, 0.05) is 38.9 Å². The van der Waals surface area contributed by atoms with Crippen molar-refractivity contribution in [3.05, 3.63) is 17.7 Å². The lowest BCUT2D eigenvalue weighted by Gasteiger charge is -2.35. The lowest BCUT2D eigenvalue weighted by atomic mass is 10.1. The third-order valence-corrected chi connectivity index (χ3v) is 6.19. The topological polar surface area (TPSA) is 41.4 Å². The lowest BCUT2D eigenvalue weighted by Crippen LogP contribution is -2.39. The number of nitrogens with zero attached hydrogens (tertiary/aromatic N) is 4. The second-order valence-electron chi connectivity index (χ2n) is 7.85. The molecule has 1 atom stereocenters. The Morgan fingerprint density at radius 3 is 2.58 bits per heavy atom. The second kappa shape index (κ2) is 6.87. The number of fused-ring (bicyclic) bond motifs is 1. The SMILES string of the molecule is C[C@H]1c2nc(C(=O)N3CCCCC3)cn2CCN1CC1CCCC1. The quantitative estimate of drug-likeness (QED) is 0.855. The molecular weight excluding hydrogens is 300 g/mol. The molecule has 2 fully saturated rings. The van der Waals surface area contributed by atoms with Crippen LogP contribution in [0.15, 0.2) is 6.20 Å². The van der Waals surface area contributed by atoms with E-state index in [0.29, 0.717) is 11.7 Å². The molecule has 1 aromatic rings. The Labute approximate surface area is 145 Å². The molecule has 3 aliphatic rings. The number of piperidine rings is 1. The number of rotatable bonds is 3. The number of carbonyl (C=O) groups excluding carboxylic acids is 1. The largest absolute Gasteiger partial charge is 0.337 e. The normalized spacial score (nSPS) is 25.9. The molecule has 0 N–H and O–H groups in total. The zero-order valence-electron chi connectivity index (χ0n) is 14.9. The molecule has 5 heteroatoms. The summed E-state index contributed by atoms with van der Waals surface area (Å²) < 4.78 is 2.22. The average Bonchev–Trinajstić information content (AvgIpc) is 3.27. The summed E-state index contributed by atoms with van der Waals surface area (Å²) in [4.78, 5) is 22.0. The number of aromatic nitrogens is 2. The van der Waals surface area contributed by atoms with Crippen molar-refractivity contribution in [3.63, 3.8) is 0 Å². The molecule has 0 unspecified atom stereocenters. The molecule has 1 aromatic heterocycles. The van der Waals surface area contributed by atoms with Crippen LogP contribution in [0.25, 0.3) is 0 Å². The highest BCUT2D eigenvalue weighted by Crippen LogP contribution is 2.31. The van der Waals surface area contributed by atoms with Crippen LogP contribution >= 0.6 is 0 Å². The molecule has 0 spiro atoms. The molecule has 1 saturated carbocycles. The minimum atomic E-state index is 0.131. The first-order valence-corrected chi connectivity index (χ1v) is 9.83. The van der Waals surface area contributed by atoms with Crippen LogP contribution in [-0.2, 0) is 6.54 Å². The molecule has 2 aliphatic heterocycles. The van der Waals surface area contributed by atoms with Gasteiger partial charge in [-0.05, 0) is 44.9 Å². The van der Waals surface area contributed by atoms with Gasteiger partial charge in [0.1, 0.15) is 11.5 Å². The Kier molecular flexibility index (Phi) is 4.61. The summed E-state index contributed by atoms with van der Waals surface area (Å²) in [6, 6.07) is 0.322. The third-order valence-electron chi connectivity index (χ3n) is 6.19. The minimum Gasteiger partial charge on any atom is -0.337 e. The third kappa shape index (κ3) is 3.10. The molecule has 4 rings (SSSR count). The first kappa shape index (κ1) is 16.1. The zero-order chi connectivity index (χ0) is 16.5. The smallest absolute Gasteiger partial charge is 0.274 e. The molecule has 132 valence electrons. The van der Waals surface area contributed by atoms with Gasteiger partial charge >= 0.3 is 0 Å². The Morgan fingerprint density at radius 2 is 1.83 bits per heavy atom. The van der Waals surface area contributed by atoms with E-state index in [9.17, 15) is 4.79 Å². The van der Waals surface area contributed by atoms with Crippen molar-refractivity contribution in [3.8, 4) is 0 Å². The molecule has 24 heavy (non-hydrogen) atoms. The minimum absolute atomic E-state index is 0.131. The van der Waals surface area contributed by atoms with Crippen molar-refractivity contribution in [1.82, 2.24) is 19.4 Å². The highest BCUT2D eigenvalue weighted by molar-refractivity contribution is 5.92. The van der Waals surface area contributed by atoms with Gasteiger partial charge in [-0.2, -0.15) is 0 Å². The van der Waals surface area contributed by atoms with Crippen LogP contribution in [0.4, 0.5) is 0 Å². The van der Waals surface area contributed by atoms with Crippen LogP contribution in [0.2, 0.25) is 0 Å². The molecule has 0 radical (unpaired) electrons. The van der Waals surface area contributed by atoms with Crippen LogP contribution in [0, 0.1) is 5.92 Å². The summed E-state index contributed by atoms with van der Waals surface area (Å²) in [5, 5.41) is 0. The van der Waals surface area contributed by atoms with Gasteiger partial charge in [-0.3, -0.25) is 9.69 Å². The van der Waals surface area contributed by atoms with E-state index in [-0.39, 0.29) is 5.91 Å². The van der Waals surface area contributed by atoms with Crippen molar-refractivity contribution < 1.29 is 4.79 Å². The van der Waals surface area contributed by atoms with E-state index < -0.39 is 0 Å². The summed E-state index contributed by atoms with van der Waals surface area (Å²) >= 11 is 0. The Hall–Kier alpha value is -1.36. The highest BCUT2D eigenvalue weighted by Gasteiger charge is 2.30. The van der Waals surface area contributed by atoms with E-state index >= 15 is 0 Å². The van der Waals surface area contributed by atoms with Crippen molar-refractivity contribution in [2.45, 2.75) is 64.5 Å². The van der Waals surface area contributed by atoms with Gasteiger partial charge in [0.25, 0.3) is 5.91 Å². The van der Waals surface area contributed by atoms with Crippen molar-refractivity contribution in [1.29, 1.82) is 0 Å². The lowest BCUT2D eigenvalue weighted by molar-refractivity contribution is 0.0718. The summed E-state index contributed by atoms with van der Waals surface area (Å²) in [6.45, 7) is 7.28. The fourth-order valence-corrected chi connectivity index (χ4v) is 4.67. The first-order valence-electron chi connectivity index (χ1n) is 9.83. The second-order valence-corrected chi connectivity index (χ2v) is 7.85. The van der Waals surface area contributed by atoms with E-state index in [4.69, 9.17) is 4.98 Å². The monoisotopic (exact) mass is 330 g/mol. The summed E-state index contributed by atoms with van der Waals surface area (Å²) in [5.41, 5.74) is 0.654. The molecule has 1 amide bonds. The fourth-order valence-electron chi connectivity index (χ4n) is 4.67. The van der Waals surface area contributed by atoms with Crippen LogP contribution in [0.5, 0.6) is 0 Å². The number of hydrogen-bond acceptors (Lipinski definition) is 3. The first-order chi connectivity index (χ1) is 11.7. The van der Waals surface area contributed by atoms with Crippen LogP contribution in [-0.4, -0.2) is 51.4 Å². The van der Waals surface area contributed by atoms with E-state index in [1.54, 1.807) is 0 Å². The molecule has 0 bridgehead atoms. The van der Waals surface area contributed by atoms with Crippen LogP contribution in [0.1, 0.15) is 74.2 Å². The number of carbonyl (C=O) groups is 1. The van der Waals surface area contributed by atoms with Crippen molar-refractivity contribution >= 4 is 5.91 Å². The maximum atomic E-state index is 12.7. The number of amides is 1. The maximum Gasteiger partial charge on any atom is 0.274 e. The van der Waals surface area contributed by atoms with E-state index in [2.05, 4.69) is 16.4 Å². The summed E-state index contributed by atoms with van der Waals surface area (Å²) in [7, 11) is 0. The summed E-state index contributed by atoms with van der Waals surface area (Å²) in [6.07, 6.45) is 11.1. The molecule has 5 nitrogen and oxygen atoms in total. The predicted molar refractivity (Wildman–Crippen MR) is 93.9 cm³/mol. The summed E-state index contributed by atoms with van der Waals surface area (Å²) in [5.74, 6) is 2.08. The van der Waals surface area contributed by atoms with Crippen molar-refractivity contribution in [2.75, 3.05) is 26.2 Å². The fraction of sp³-hybridized carbons (Fsp3) is 0.789. The van der Waals surface area contributed by atoms with Gasteiger partial charge in [0.05, 0.1) is 6.04 Å². The molecule has 0 aromatic carbocycles. The van der Waals surface area contributed by atoms with E-state index in [0.717, 1.165) is 50.8 Å². The number of imidazole rings is 1. The van der Waals surface area contributed by atoms with E-state index in [1.165, 1.54) is 38.6 Å². The highest BCUT2D eigenvalue weighted by atomic mass is 16.2. The average molecular weight is 330 g/mol. The Balaban J connectivity index is 1.47. The predicted octanol–water partition coefficient (Wildman–Crippen LogP) is 3.08. The van der Waals surface area contributed by atoms with Gasteiger partial charge in [-0.1, -0.05) is 12.8 Å². The van der Waals surface area contributed by atoms with Crippen molar-refractivity contribution in [2.24, 2.45) is 5.92 Å². The van der Waals surface area contributed by atoms with E-state index in [1.807, 2.05) is 11.1 Å². The van der Waals surface area contributed by atoms with Gasteiger partial charge in [-0.25, -0.2) is 4.98 Å². The van der Waals surface area contributed by atoms with Gasteiger partial charge < -0.3 is 9.47 Å². The maximum absolute atomic E-state index is 12.7. The Morgan fingerprint density at radius 1 is 1.08 bits per heavy atom. The zero-order valence-corrected chi connectivity index (χ0v) is 14.9. The standard InChI is InChI=1S/C19H30N4O/c1-15-18-20-17(19(24)21-9-5-2-6-10-21)14-23(18)12-11-22(15)13-16-7-3-4-8-16/h14-16H,2-13H2,1H3/t15-/m0/s1. The van der Waals surface area contributed by atoms with Gasteiger partial charge in [-0.15, -0.1) is 0 Å². The molecule has 1 aliphatic carbocycles. The van der Waals surface area contributed by atoms with Crippen LogP contribution in [0.3, 0.4) is 0 Å². The number of hydrogen-bond donors (Lipinski definition) is 0. The molecule has 1 saturated heterocycles. The number of likely N-dealkylation sites (tertiary alicyclic amines) is 1. The van der Waals surface area contributed by atoms with Gasteiger partial charge in [0.2, 0.25) is 0 Å². The van der Waals surface area contributed by atoms with Crippen LogP contribution < -0.4 is 0 Å². The van der Waals surface area contributed by atoms with Gasteiger partial charge in [0.15, 0.2) is 0 Å². The molecule has 3 heterocycles. The molecular formula is C19H30N4O. The Bertz CT molecular complexity index is 584.